The van der Waals surface area contributed by atoms with Crippen LogP contribution in [0.15, 0.2) is 10.5 Å². The summed E-state index contributed by atoms with van der Waals surface area (Å²) in [5.41, 5.74) is -1.45. The number of anilines is 1. The summed E-state index contributed by atoms with van der Waals surface area (Å²) in [5.74, 6) is 0.0961. The fraction of sp³-hybridized carbons (Fsp3) is 0.375. The lowest BCUT2D eigenvalue weighted by Gasteiger charge is -2.52. The van der Waals surface area contributed by atoms with E-state index in [0.717, 1.165) is 11.3 Å². The third-order valence-corrected chi connectivity index (χ3v) is 6.68. The number of hydrogen-bond acceptors (Lipinski definition) is 9. The van der Waals surface area contributed by atoms with Crippen LogP contribution in [0, 0.1) is 17.8 Å². The van der Waals surface area contributed by atoms with Crippen LogP contribution < -0.4 is 10.6 Å². The second kappa shape index (κ2) is 8.10. The normalized spacial score (nSPS) is 25.9. The Kier molecular flexibility index (Phi) is 5.76. The third-order valence-electron chi connectivity index (χ3n) is 4.38. The number of amides is 3. The molecule has 3 heterocycles. The number of carboxylic acids is 1. The van der Waals surface area contributed by atoms with Gasteiger partial charge in [0.2, 0.25) is 12.3 Å². The Morgan fingerprint density at radius 2 is 2.34 bits per heavy atom. The first-order valence-corrected chi connectivity index (χ1v) is 10.0. The highest BCUT2D eigenvalue weighted by Gasteiger charge is 2.57. The van der Waals surface area contributed by atoms with E-state index in [-0.39, 0.29) is 28.8 Å². The first-order valence-electron chi connectivity index (χ1n) is 8.08. The van der Waals surface area contributed by atoms with Crippen molar-refractivity contribution in [1.29, 1.82) is 0 Å². The van der Waals surface area contributed by atoms with E-state index in [1.165, 1.54) is 29.2 Å². The van der Waals surface area contributed by atoms with Gasteiger partial charge in [0, 0.05) is 17.7 Å². The van der Waals surface area contributed by atoms with Gasteiger partial charge in [-0.05, 0) is 0 Å². The minimum absolute atomic E-state index is 0.117. The molecule has 3 amide bonds. The number of oxime groups is 1. The molecule has 3 rings (SSSR count). The van der Waals surface area contributed by atoms with Crippen molar-refractivity contribution in [2.75, 3.05) is 24.7 Å². The monoisotopic (exact) mass is 437 g/mol. The van der Waals surface area contributed by atoms with Gasteiger partial charge in [0.15, 0.2) is 16.3 Å². The lowest BCUT2D eigenvalue weighted by Crippen LogP contribution is -2.73. The Balaban J connectivity index is 1.71. The number of carboxylic acid groups (broad SMARTS) is 1. The van der Waals surface area contributed by atoms with Gasteiger partial charge in [-0.1, -0.05) is 11.1 Å². The molecular weight excluding hydrogens is 422 g/mol. The lowest BCUT2D eigenvalue weighted by molar-refractivity contribution is -0.155. The van der Waals surface area contributed by atoms with E-state index in [2.05, 4.69) is 26.7 Å². The lowest BCUT2D eigenvalue weighted by atomic mass is 9.88. The van der Waals surface area contributed by atoms with E-state index in [1.807, 2.05) is 0 Å². The van der Waals surface area contributed by atoms with Gasteiger partial charge < -0.3 is 25.5 Å². The number of carbonyl (C=O) groups is 4. The van der Waals surface area contributed by atoms with E-state index in [4.69, 9.17) is 11.3 Å². The molecule has 0 radical (unpaired) electrons. The molecule has 2 aliphatic rings. The van der Waals surface area contributed by atoms with E-state index in [9.17, 15) is 24.3 Å². The molecule has 0 aromatic carbocycles. The molecule has 0 saturated carbocycles. The summed E-state index contributed by atoms with van der Waals surface area (Å²) in [6.07, 6.45) is 5.83. The molecule has 2 fully saturated rings. The maximum absolute atomic E-state index is 12.7. The molecule has 2 saturated heterocycles. The van der Waals surface area contributed by atoms with Crippen LogP contribution in [0.1, 0.15) is 5.69 Å². The first-order chi connectivity index (χ1) is 13.9. The number of thioether (sulfide) groups is 1. The highest BCUT2D eigenvalue weighted by molar-refractivity contribution is 8.00. The van der Waals surface area contributed by atoms with E-state index < -0.39 is 34.6 Å². The number of terminal acetylenes is 1. The summed E-state index contributed by atoms with van der Waals surface area (Å²) in [4.78, 5) is 57.2. The van der Waals surface area contributed by atoms with Crippen molar-refractivity contribution < 1.29 is 29.1 Å². The van der Waals surface area contributed by atoms with Gasteiger partial charge in [0.05, 0.1) is 0 Å². The molecule has 2 unspecified atom stereocenters. The molecule has 11 nitrogen and oxygen atoms in total. The maximum atomic E-state index is 12.7. The molecule has 152 valence electrons. The number of carbonyl (C=O) groups excluding carboxylic acids is 3. The van der Waals surface area contributed by atoms with Crippen molar-refractivity contribution in [2.24, 2.45) is 10.6 Å². The minimum Gasteiger partial charge on any atom is -0.480 e. The molecule has 3 atom stereocenters. The highest BCUT2D eigenvalue weighted by atomic mass is 32.2. The number of β-lactam (4-membered cyclic amide) rings is 1. The van der Waals surface area contributed by atoms with Gasteiger partial charge in [0.1, 0.15) is 24.2 Å². The van der Waals surface area contributed by atoms with Gasteiger partial charge in [-0.2, -0.15) is 0 Å². The summed E-state index contributed by atoms with van der Waals surface area (Å²) < 4.78 is 0. The molecule has 3 N–H and O–H groups in total. The zero-order chi connectivity index (χ0) is 21.2. The van der Waals surface area contributed by atoms with Gasteiger partial charge in [0.25, 0.3) is 5.91 Å². The third kappa shape index (κ3) is 3.64. The smallest absolute Gasteiger partial charge is 0.324 e. The van der Waals surface area contributed by atoms with Crippen LogP contribution in [-0.4, -0.2) is 75.7 Å². The van der Waals surface area contributed by atoms with Crippen LogP contribution in [0.3, 0.4) is 0 Å². The van der Waals surface area contributed by atoms with E-state index in [1.54, 1.807) is 0 Å². The Labute approximate surface area is 172 Å². The van der Waals surface area contributed by atoms with Crippen molar-refractivity contribution in [3.8, 4) is 12.3 Å². The highest BCUT2D eigenvalue weighted by Crippen LogP contribution is 2.41. The number of nitrogens with one attached hydrogen (secondary N) is 2. The maximum Gasteiger partial charge on any atom is 0.324 e. The Hall–Kier alpha value is -3.11. The molecule has 0 aliphatic carbocycles. The van der Waals surface area contributed by atoms with Crippen LogP contribution in [0.25, 0.3) is 0 Å². The quantitative estimate of drug-likeness (QED) is 0.164. The molecule has 29 heavy (non-hydrogen) atoms. The summed E-state index contributed by atoms with van der Waals surface area (Å²) in [6.45, 7) is -0.118. The summed E-state index contributed by atoms with van der Waals surface area (Å²) in [7, 11) is 1.25. The van der Waals surface area contributed by atoms with Crippen LogP contribution in [0.2, 0.25) is 0 Å². The largest absolute Gasteiger partial charge is 0.480 e. The molecule has 0 bridgehead atoms. The van der Waals surface area contributed by atoms with Crippen molar-refractivity contribution in [3.05, 3.63) is 11.1 Å². The van der Waals surface area contributed by atoms with Crippen LogP contribution >= 0.6 is 23.1 Å². The standard InChI is InChI=1S/C16H15N5O6S2/c1-3-16(14(25)26)5-21-12(24)10(13(21)29-6-16)19-11(23)9(20-27-2)8-4-28-15(18-8)17-7-22/h1,4,7,10,13H,5-6H2,2H3,(H,19,23)(H,25,26)(H,17,18,22)/t10?,13-,16?/m1/s1. The zero-order valence-electron chi connectivity index (χ0n) is 14.9. The average Bonchev–Trinajstić information content (AvgIpc) is 3.17. The fourth-order valence-corrected chi connectivity index (χ4v) is 5.00. The van der Waals surface area contributed by atoms with Gasteiger partial charge in [-0.25, -0.2) is 4.98 Å². The molecular formula is C16H15N5O6S2. The predicted molar refractivity (Wildman–Crippen MR) is 104 cm³/mol. The SMILES string of the molecule is C#CC1(C(=O)O)CS[C@@H]2C(NC(=O)C(=NOC)c3csc(NC=O)n3)C(=O)N2C1. The van der Waals surface area contributed by atoms with Gasteiger partial charge in [-0.15, -0.1) is 29.5 Å². The van der Waals surface area contributed by atoms with Crippen molar-refractivity contribution in [1.82, 2.24) is 15.2 Å². The zero-order valence-corrected chi connectivity index (χ0v) is 16.6. The molecule has 1 aromatic rings. The number of thiazole rings is 1. The first kappa shape index (κ1) is 20.6. The minimum atomic E-state index is -1.45. The van der Waals surface area contributed by atoms with E-state index in [0.29, 0.717) is 6.41 Å². The predicted octanol–water partition coefficient (Wildman–Crippen LogP) is -0.834. The van der Waals surface area contributed by atoms with Crippen molar-refractivity contribution in [2.45, 2.75) is 11.4 Å². The van der Waals surface area contributed by atoms with Crippen LogP contribution in [0.5, 0.6) is 0 Å². The molecule has 13 heteroatoms. The fourth-order valence-electron chi connectivity index (χ4n) is 2.86. The Bertz CT molecular complexity index is 940. The number of aromatic nitrogens is 1. The number of fused-ring (bicyclic) bond motifs is 1. The van der Waals surface area contributed by atoms with Crippen LogP contribution in [-0.2, 0) is 24.0 Å². The molecule has 0 spiro atoms. The summed E-state index contributed by atoms with van der Waals surface area (Å²) >= 11 is 2.28. The Morgan fingerprint density at radius 1 is 1.59 bits per heavy atom. The topological polar surface area (TPSA) is 150 Å². The molecule has 2 aliphatic heterocycles. The van der Waals surface area contributed by atoms with E-state index >= 15 is 0 Å². The Morgan fingerprint density at radius 3 is 2.97 bits per heavy atom. The van der Waals surface area contributed by atoms with Crippen molar-refractivity contribution >= 4 is 58.1 Å². The van der Waals surface area contributed by atoms with Crippen molar-refractivity contribution in [3.63, 3.8) is 0 Å². The molecule has 1 aromatic heterocycles. The summed E-state index contributed by atoms with van der Waals surface area (Å²) in [5, 5.41) is 19.3. The summed E-state index contributed by atoms with van der Waals surface area (Å²) in [6, 6.07) is -0.856. The van der Waals surface area contributed by atoms with Gasteiger partial charge >= 0.3 is 5.97 Å². The van der Waals surface area contributed by atoms with Gasteiger partial charge in [-0.3, -0.25) is 19.2 Å². The second-order valence-electron chi connectivity index (χ2n) is 6.07. The second-order valence-corrected chi connectivity index (χ2v) is 8.04. The number of rotatable bonds is 7. The average molecular weight is 437 g/mol. The number of aliphatic carboxylic acids is 1. The number of hydrogen-bond donors (Lipinski definition) is 3. The van der Waals surface area contributed by atoms with Crippen LogP contribution in [0.4, 0.5) is 5.13 Å². The number of nitrogens with zero attached hydrogens (tertiary/aromatic N) is 3.